The van der Waals surface area contributed by atoms with Gasteiger partial charge in [0.1, 0.15) is 18.1 Å². The molecule has 0 radical (unpaired) electrons. The summed E-state index contributed by atoms with van der Waals surface area (Å²) in [6.07, 6.45) is 0.981. The highest BCUT2D eigenvalue weighted by Gasteiger charge is 2.03. The van der Waals surface area contributed by atoms with Gasteiger partial charge in [0, 0.05) is 0 Å². The molecule has 1 aromatic rings. The first kappa shape index (κ1) is 12.7. The fraction of sp³-hybridized carbons (Fsp3) is 0.417. The Hall–Kier alpha value is -1.40. The summed E-state index contributed by atoms with van der Waals surface area (Å²) in [5.74, 6) is 1.50. The number of rotatable bonds is 6. The minimum Gasteiger partial charge on any atom is -0.494 e. The van der Waals surface area contributed by atoms with Crippen LogP contribution in [0.1, 0.15) is 13.3 Å². The van der Waals surface area contributed by atoms with Crippen LogP contribution in [0.2, 0.25) is 0 Å². The third-order valence-corrected chi connectivity index (χ3v) is 2.06. The van der Waals surface area contributed by atoms with Crippen molar-refractivity contribution < 1.29 is 9.47 Å². The van der Waals surface area contributed by atoms with Crippen molar-refractivity contribution in [3.8, 4) is 17.6 Å². The maximum Gasteiger partial charge on any atom is 0.154 e. The van der Waals surface area contributed by atoms with E-state index in [2.05, 4.69) is 6.92 Å². The molecule has 1 unspecified atom stereocenters. The van der Waals surface area contributed by atoms with Gasteiger partial charge in [-0.25, -0.2) is 0 Å². The SMILES string of the molecule is CCCOc1ccc(OCC(Cl)C#N)cc1. The Bertz CT molecular complexity index is 345. The third kappa shape index (κ3) is 4.41. The molecule has 0 saturated carbocycles. The average molecular weight is 240 g/mol. The van der Waals surface area contributed by atoms with E-state index >= 15 is 0 Å². The normalized spacial score (nSPS) is 11.6. The van der Waals surface area contributed by atoms with Gasteiger partial charge in [0.05, 0.1) is 12.7 Å². The van der Waals surface area contributed by atoms with Crippen LogP contribution < -0.4 is 9.47 Å². The highest BCUT2D eigenvalue weighted by atomic mass is 35.5. The molecular weight excluding hydrogens is 226 g/mol. The van der Waals surface area contributed by atoms with Gasteiger partial charge in [0.15, 0.2) is 5.38 Å². The second kappa shape index (κ2) is 6.97. The van der Waals surface area contributed by atoms with Crippen LogP contribution in [0.5, 0.6) is 11.5 Å². The topological polar surface area (TPSA) is 42.2 Å². The van der Waals surface area contributed by atoms with E-state index in [0.29, 0.717) is 12.4 Å². The first-order valence-electron chi connectivity index (χ1n) is 5.15. The Morgan fingerprint density at radius 2 is 1.81 bits per heavy atom. The van der Waals surface area contributed by atoms with Crippen molar-refractivity contribution in [3.05, 3.63) is 24.3 Å². The number of ether oxygens (including phenoxy) is 2. The van der Waals surface area contributed by atoms with Gasteiger partial charge in [0.25, 0.3) is 0 Å². The lowest BCUT2D eigenvalue weighted by Crippen LogP contribution is -2.08. The first-order chi connectivity index (χ1) is 7.76. The maximum atomic E-state index is 8.47. The van der Waals surface area contributed by atoms with Gasteiger partial charge in [-0.2, -0.15) is 5.26 Å². The van der Waals surface area contributed by atoms with E-state index in [4.69, 9.17) is 26.3 Å². The molecule has 4 heteroatoms. The zero-order valence-corrected chi connectivity index (χ0v) is 9.91. The van der Waals surface area contributed by atoms with E-state index in [1.807, 2.05) is 18.2 Å². The minimum atomic E-state index is -0.615. The van der Waals surface area contributed by atoms with Crippen molar-refractivity contribution >= 4 is 11.6 Å². The predicted molar refractivity (Wildman–Crippen MR) is 63.0 cm³/mol. The number of nitriles is 1. The van der Waals surface area contributed by atoms with Crippen molar-refractivity contribution in [1.82, 2.24) is 0 Å². The van der Waals surface area contributed by atoms with E-state index in [1.165, 1.54) is 0 Å². The molecular formula is C12H14ClNO2. The molecule has 0 fully saturated rings. The van der Waals surface area contributed by atoms with Crippen LogP contribution in [0.25, 0.3) is 0 Å². The van der Waals surface area contributed by atoms with Gasteiger partial charge in [-0.1, -0.05) is 6.92 Å². The lowest BCUT2D eigenvalue weighted by atomic mass is 10.3. The van der Waals surface area contributed by atoms with Crippen LogP contribution in [0, 0.1) is 11.3 Å². The summed E-state index contributed by atoms with van der Waals surface area (Å²) in [6, 6.07) is 9.15. The molecule has 1 atom stereocenters. The fourth-order valence-electron chi connectivity index (χ4n) is 1.06. The second-order valence-electron chi connectivity index (χ2n) is 3.23. The molecule has 0 spiro atoms. The van der Waals surface area contributed by atoms with E-state index in [0.717, 1.165) is 12.2 Å². The van der Waals surface area contributed by atoms with Crippen LogP contribution in [0.3, 0.4) is 0 Å². The van der Waals surface area contributed by atoms with Gasteiger partial charge in [-0.15, -0.1) is 11.6 Å². The van der Waals surface area contributed by atoms with E-state index in [1.54, 1.807) is 12.1 Å². The van der Waals surface area contributed by atoms with Gasteiger partial charge >= 0.3 is 0 Å². The Morgan fingerprint density at radius 3 is 2.31 bits per heavy atom. The molecule has 0 aliphatic heterocycles. The molecule has 1 aromatic carbocycles. The van der Waals surface area contributed by atoms with E-state index in [9.17, 15) is 0 Å². The molecule has 0 aromatic heterocycles. The Morgan fingerprint density at radius 1 is 1.25 bits per heavy atom. The first-order valence-corrected chi connectivity index (χ1v) is 5.59. The average Bonchev–Trinajstić information content (AvgIpc) is 2.34. The molecule has 3 nitrogen and oxygen atoms in total. The summed E-state index contributed by atoms with van der Waals surface area (Å²) in [4.78, 5) is 0. The summed E-state index contributed by atoms with van der Waals surface area (Å²) in [6.45, 7) is 2.95. The van der Waals surface area contributed by atoms with Crippen LogP contribution in [0.15, 0.2) is 24.3 Å². The number of hydrogen-bond donors (Lipinski definition) is 0. The largest absolute Gasteiger partial charge is 0.494 e. The number of halogens is 1. The monoisotopic (exact) mass is 239 g/mol. The predicted octanol–water partition coefficient (Wildman–Crippen LogP) is 2.99. The minimum absolute atomic E-state index is 0.188. The molecule has 16 heavy (non-hydrogen) atoms. The number of nitrogens with zero attached hydrogens (tertiary/aromatic N) is 1. The zero-order chi connectivity index (χ0) is 11.8. The quantitative estimate of drug-likeness (QED) is 0.717. The summed E-state index contributed by atoms with van der Waals surface area (Å²) in [5.41, 5.74) is 0. The van der Waals surface area contributed by atoms with E-state index < -0.39 is 5.38 Å². The Balaban J connectivity index is 2.42. The van der Waals surface area contributed by atoms with Crippen molar-refractivity contribution in [2.75, 3.05) is 13.2 Å². The summed E-state index contributed by atoms with van der Waals surface area (Å²) in [5, 5.41) is 7.86. The van der Waals surface area contributed by atoms with E-state index in [-0.39, 0.29) is 6.61 Å². The zero-order valence-electron chi connectivity index (χ0n) is 9.15. The molecule has 0 aliphatic rings. The molecule has 1 rings (SSSR count). The lowest BCUT2D eigenvalue weighted by Gasteiger charge is -2.08. The van der Waals surface area contributed by atoms with Gasteiger partial charge < -0.3 is 9.47 Å². The molecule has 0 saturated heterocycles. The smallest absolute Gasteiger partial charge is 0.154 e. The highest BCUT2D eigenvalue weighted by Crippen LogP contribution is 2.18. The lowest BCUT2D eigenvalue weighted by molar-refractivity contribution is 0.312. The molecule has 0 aliphatic carbocycles. The third-order valence-electron chi connectivity index (χ3n) is 1.83. The van der Waals surface area contributed by atoms with Crippen LogP contribution in [-0.4, -0.2) is 18.6 Å². The van der Waals surface area contributed by atoms with Gasteiger partial charge in [0.2, 0.25) is 0 Å². The second-order valence-corrected chi connectivity index (χ2v) is 3.75. The van der Waals surface area contributed by atoms with Gasteiger partial charge in [-0.3, -0.25) is 0 Å². The van der Waals surface area contributed by atoms with Crippen molar-refractivity contribution in [1.29, 1.82) is 5.26 Å². The summed E-state index contributed by atoms with van der Waals surface area (Å²) >= 11 is 5.60. The number of benzene rings is 1. The Kier molecular flexibility index (Phi) is 5.52. The molecule has 0 heterocycles. The number of alkyl halides is 1. The van der Waals surface area contributed by atoms with Crippen molar-refractivity contribution in [2.45, 2.75) is 18.7 Å². The summed E-state index contributed by atoms with van der Waals surface area (Å²) < 4.78 is 10.7. The molecule has 0 amide bonds. The maximum absolute atomic E-state index is 8.47. The standard InChI is InChI=1S/C12H14ClNO2/c1-2-7-15-11-3-5-12(6-4-11)16-9-10(13)8-14/h3-6,10H,2,7,9H2,1H3. The van der Waals surface area contributed by atoms with Crippen LogP contribution >= 0.6 is 11.6 Å². The number of hydrogen-bond acceptors (Lipinski definition) is 3. The Labute approximate surface area is 101 Å². The van der Waals surface area contributed by atoms with Crippen LogP contribution in [-0.2, 0) is 0 Å². The molecule has 86 valence electrons. The summed E-state index contributed by atoms with van der Waals surface area (Å²) in [7, 11) is 0. The fourth-order valence-corrected chi connectivity index (χ4v) is 1.12. The van der Waals surface area contributed by atoms with Crippen LogP contribution in [0.4, 0.5) is 0 Å². The highest BCUT2D eigenvalue weighted by molar-refractivity contribution is 6.22. The molecule has 0 N–H and O–H groups in total. The van der Waals surface area contributed by atoms with Gasteiger partial charge in [-0.05, 0) is 30.7 Å². The molecule has 0 bridgehead atoms. The van der Waals surface area contributed by atoms with Crippen molar-refractivity contribution in [3.63, 3.8) is 0 Å². The van der Waals surface area contributed by atoms with Crippen molar-refractivity contribution in [2.24, 2.45) is 0 Å².